The molecule has 0 radical (unpaired) electrons. The van der Waals surface area contributed by atoms with Gasteiger partial charge in [-0.3, -0.25) is 4.90 Å². The largest absolute Gasteiger partial charge is 0.496 e. The minimum absolute atomic E-state index is 0.366. The maximum atomic E-state index is 5.59. The van der Waals surface area contributed by atoms with E-state index in [-0.39, 0.29) is 0 Å². The molecule has 136 valence electrons. The van der Waals surface area contributed by atoms with Crippen LogP contribution in [-0.2, 0) is 6.42 Å². The van der Waals surface area contributed by atoms with Crippen LogP contribution in [0.15, 0.2) is 53.3 Å². The fourth-order valence-corrected chi connectivity index (χ4v) is 4.30. The first-order valence-corrected chi connectivity index (χ1v) is 9.49. The number of hydrogen-bond acceptors (Lipinski definition) is 3. The lowest BCUT2D eigenvalue weighted by Gasteiger charge is -2.33. The van der Waals surface area contributed by atoms with E-state index < -0.39 is 0 Å². The summed E-state index contributed by atoms with van der Waals surface area (Å²) >= 11 is 0. The molecule has 3 aromatic rings. The second-order valence-electron chi connectivity index (χ2n) is 7.49. The number of nitrogens with zero attached hydrogens (tertiary/aromatic N) is 1. The molecule has 1 aliphatic rings. The Bertz CT molecular complexity index is 898. The van der Waals surface area contributed by atoms with Crippen molar-refractivity contribution in [1.29, 1.82) is 0 Å². The molecule has 0 amide bonds. The van der Waals surface area contributed by atoms with E-state index >= 15 is 0 Å². The van der Waals surface area contributed by atoms with Gasteiger partial charge in [0.1, 0.15) is 5.75 Å². The number of methoxy groups -OCH3 is 1. The molecule has 0 saturated heterocycles. The Hall–Kier alpha value is -2.26. The van der Waals surface area contributed by atoms with Crippen LogP contribution < -0.4 is 4.74 Å². The van der Waals surface area contributed by atoms with Gasteiger partial charge >= 0.3 is 0 Å². The number of likely N-dealkylation sites (N-methyl/N-ethyl adjacent to an activating group) is 1. The molecule has 0 bridgehead atoms. The van der Waals surface area contributed by atoms with Gasteiger partial charge in [0, 0.05) is 23.4 Å². The predicted octanol–water partition coefficient (Wildman–Crippen LogP) is 5.55. The van der Waals surface area contributed by atoms with Gasteiger partial charge in [0.25, 0.3) is 0 Å². The van der Waals surface area contributed by atoms with Crippen LogP contribution in [0.3, 0.4) is 0 Å². The summed E-state index contributed by atoms with van der Waals surface area (Å²) in [5.74, 6) is 1.62. The smallest absolute Gasteiger partial charge is 0.122 e. The number of hydrogen-bond donors (Lipinski definition) is 0. The van der Waals surface area contributed by atoms with Crippen molar-refractivity contribution in [2.75, 3.05) is 20.7 Å². The highest BCUT2D eigenvalue weighted by molar-refractivity contribution is 5.81. The van der Waals surface area contributed by atoms with E-state index in [0.29, 0.717) is 12.0 Å². The Morgan fingerprint density at radius 2 is 2.04 bits per heavy atom. The fraction of sp³-hybridized carbons (Fsp3) is 0.391. The van der Waals surface area contributed by atoms with E-state index in [1.165, 1.54) is 34.9 Å². The highest BCUT2D eigenvalue weighted by Gasteiger charge is 2.25. The zero-order chi connectivity index (χ0) is 18.1. The third kappa shape index (κ3) is 3.12. The third-order valence-corrected chi connectivity index (χ3v) is 5.96. The van der Waals surface area contributed by atoms with Crippen molar-refractivity contribution in [3.63, 3.8) is 0 Å². The van der Waals surface area contributed by atoms with E-state index in [2.05, 4.69) is 55.3 Å². The molecule has 0 aliphatic heterocycles. The monoisotopic (exact) mass is 349 g/mol. The second-order valence-corrected chi connectivity index (χ2v) is 7.49. The SMILES string of the molecule is COc1cccc2c1CCC[C@H]2CN(C)C(C)c1ccc2cocc2c1. The minimum atomic E-state index is 0.366. The summed E-state index contributed by atoms with van der Waals surface area (Å²) in [4.78, 5) is 2.47. The number of furan rings is 1. The standard InChI is InChI=1S/C23H27NO2/c1-16(17-10-11-19-14-26-15-20(19)12-17)24(2)13-18-6-4-8-22-21(18)7-5-9-23(22)25-3/h5,7,9-12,14-16,18H,4,6,8,13H2,1-3H3/t16?,18-/m0/s1. The summed E-state index contributed by atoms with van der Waals surface area (Å²) in [6.45, 7) is 3.35. The first kappa shape index (κ1) is 17.2. The molecular weight excluding hydrogens is 322 g/mol. The maximum absolute atomic E-state index is 5.59. The van der Waals surface area contributed by atoms with Crippen LogP contribution in [0.2, 0.25) is 0 Å². The molecule has 1 unspecified atom stereocenters. The Morgan fingerprint density at radius 1 is 1.19 bits per heavy atom. The van der Waals surface area contributed by atoms with Gasteiger partial charge in [-0.05, 0) is 68.0 Å². The molecule has 1 aliphatic carbocycles. The number of ether oxygens (including phenoxy) is 1. The Balaban J connectivity index is 1.54. The van der Waals surface area contributed by atoms with Crippen LogP contribution in [0, 0.1) is 0 Å². The number of benzene rings is 2. The van der Waals surface area contributed by atoms with Crippen LogP contribution in [0.5, 0.6) is 5.75 Å². The minimum Gasteiger partial charge on any atom is -0.496 e. The maximum Gasteiger partial charge on any atom is 0.122 e. The van der Waals surface area contributed by atoms with E-state index in [9.17, 15) is 0 Å². The molecule has 0 fully saturated rings. The fourth-order valence-electron chi connectivity index (χ4n) is 4.30. The average Bonchev–Trinajstić information content (AvgIpc) is 3.15. The van der Waals surface area contributed by atoms with Gasteiger partial charge in [0.2, 0.25) is 0 Å². The van der Waals surface area contributed by atoms with Gasteiger partial charge in [0.05, 0.1) is 19.6 Å². The first-order chi connectivity index (χ1) is 12.7. The average molecular weight is 349 g/mol. The lowest BCUT2D eigenvalue weighted by atomic mass is 9.82. The van der Waals surface area contributed by atoms with Crippen LogP contribution in [0.4, 0.5) is 0 Å². The molecule has 0 saturated carbocycles. The molecule has 1 aromatic heterocycles. The summed E-state index contributed by atoms with van der Waals surface area (Å²) in [5.41, 5.74) is 4.22. The van der Waals surface area contributed by atoms with Gasteiger partial charge in [-0.2, -0.15) is 0 Å². The molecule has 1 heterocycles. The van der Waals surface area contributed by atoms with Crippen LogP contribution >= 0.6 is 0 Å². The van der Waals surface area contributed by atoms with E-state index in [1.807, 2.05) is 6.26 Å². The number of fused-ring (bicyclic) bond motifs is 2. The van der Waals surface area contributed by atoms with Gasteiger partial charge in [-0.25, -0.2) is 0 Å². The Kier molecular flexibility index (Phi) is 4.73. The number of rotatable bonds is 5. The van der Waals surface area contributed by atoms with Crippen LogP contribution in [0.1, 0.15) is 48.4 Å². The van der Waals surface area contributed by atoms with Crippen LogP contribution in [0.25, 0.3) is 10.8 Å². The highest BCUT2D eigenvalue weighted by atomic mass is 16.5. The van der Waals surface area contributed by atoms with Gasteiger partial charge in [-0.1, -0.05) is 24.3 Å². The van der Waals surface area contributed by atoms with E-state index in [4.69, 9.17) is 9.15 Å². The molecule has 4 rings (SSSR count). The summed E-state index contributed by atoms with van der Waals surface area (Å²) in [5, 5.41) is 2.34. The molecule has 3 heteroatoms. The van der Waals surface area contributed by atoms with Crippen molar-refractivity contribution in [2.45, 2.75) is 38.1 Å². The molecule has 2 atom stereocenters. The normalized spacial score (nSPS) is 18.1. The second kappa shape index (κ2) is 7.16. The van der Waals surface area contributed by atoms with Crippen molar-refractivity contribution in [3.05, 3.63) is 65.6 Å². The molecule has 0 N–H and O–H groups in total. The predicted molar refractivity (Wildman–Crippen MR) is 106 cm³/mol. The molecule has 2 aromatic carbocycles. The topological polar surface area (TPSA) is 25.6 Å². The summed E-state index contributed by atoms with van der Waals surface area (Å²) in [7, 11) is 4.01. The van der Waals surface area contributed by atoms with Crippen molar-refractivity contribution in [3.8, 4) is 5.75 Å². The molecule has 0 spiro atoms. The highest BCUT2D eigenvalue weighted by Crippen LogP contribution is 2.38. The first-order valence-electron chi connectivity index (χ1n) is 9.49. The zero-order valence-electron chi connectivity index (χ0n) is 15.9. The van der Waals surface area contributed by atoms with E-state index in [0.717, 1.165) is 24.1 Å². The van der Waals surface area contributed by atoms with Crippen molar-refractivity contribution in [2.24, 2.45) is 0 Å². The van der Waals surface area contributed by atoms with Gasteiger partial charge < -0.3 is 9.15 Å². The molecule has 26 heavy (non-hydrogen) atoms. The lowest BCUT2D eigenvalue weighted by Crippen LogP contribution is -2.29. The molecular formula is C23H27NO2. The van der Waals surface area contributed by atoms with Gasteiger partial charge in [0.15, 0.2) is 0 Å². The van der Waals surface area contributed by atoms with Gasteiger partial charge in [-0.15, -0.1) is 0 Å². The lowest BCUT2D eigenvalue weighted by molar-refractivity contribution is 0.236. The van der Waals surface area contributed by atoms with Crippen molar-refractivity contribution < 1.29 is 9.15 Å². The Morgan fingerprint density at radius 3 is 2.88 bits per heavy atom. The van der Waals surface area contributed by atoms with Crippen molar-refractivity contribution >= 4 is 10.8 Å². The summed E-state index contributed by atoms with van der Waals surface area (Å²) in [6, 6.07) is 13.5. The van der Waals surface area contributed by atoms with Crippen molar-refractivity contribution in [1.82, 2.24) is 4.90 Å². The summed E-state index contributed by atoms with van der Waals surface area (Å²) < 4.78 is 10.9. The quantitative estimate of drug-likeness (QED) is 0.603. The summed E-state index contributed by atoms with van der Waals surface area (Å²) in [6.07, 6.45) is 7.25. The zero-order valence-corrected chi connectivity index (χ0v) is 15.9. The Labute approximate surface area is 155 Å². The van der Waals surface area contributed by atoms with E-state index in [1.54, 1.807) is 13.4 Å². The molecule has 3 nitrogen and oxygen atoms in total. The van der Waals surface area contributed by atoms with Crippen LogP contribution in [-0.4, -0.2) is 25.6 Å². The third-order valence-electron chi connectivity index (χ3n) is 5.96.